The van der Waals surface area contributed by atoms with Crippen LogP contribution in [-0.2, 0) is 4.79 Å². The van der Waals surface area contributed by atoms with E-state index in [2.05, 4.69) is 5.32 Å². The van der Waals surface area contributed by atoms with Gasteiger partial charge in [0.25, 0.3) is 0 Å². The molecule has 3 nitrogen and oxygen atoms in total. The van der Waals surface area contributed by atoms with Gasteiger partial charge in [-0.3, -0.25) is 4.79 Å². The van der Waals surface area contributed by atoms with Crippen LogP contribution >= 0.6 is 23.7 Å². The molecule has 13 heavy (non-hydrogen) atoms. The summed E-state index contributed by atoms with van der Waals surface area (Å²) < 4.78 is 0. The highest BCUT2D eigenvalue weighted by Gasteiger charge is 2.24. The second-order valence-electron chi connectivity index (χ2n) is 2.88. The minimum absolute atomic E-state index is 0. The third-order valence-corrected chi connectivity index (χ3v) is 3.14. The van der Waals surface area contributed by atoms with Crippen LogP contribution in [0.1, 0.15) is 17.2 Å². The number of halogens is 1. The zero-order valence-electron chi connectivity index (χ0n) is 6.95. The summed E-state index contributed by atoms with van der Waals surface area (Å²) in [6.45, 7) is 0.556. The molecular formula is C8H11ClN2OS. The van der Waals surface area contributed by atoms with Crippen LogP contribution in [0.4, 0.5) is 5.69 Å². The Morgan fingerprint density at radius 3 is 3.15 bits per heavy atom. The highest BCUT2D eigenvalue weighted by molar-refractivity contribution is 7.10. The van der Waals surface area contributed by atoms with Crippen molar-refractivity contribution < 1.29 is 4.79 Å². The molecule has 0 aliphatic carbocycles. The van der Waals surface area contributed by atoms with Gasteiger partial charge in [-0.1, -0.05) is 0 Å². The largest absolute Gasteiger partial charge is 0.330 e. The standard InChI is InChI=1S/C8H10N2OS.ClH/c9-4-5-3-7(11)10-6-1-2-12-8(5)6;/h1-2,5H,3-4,9H2,(H,10,11);1H. The number of carbonyl (C=O) groups excluding carboxylic acids is 1. The topological polar surface area (TPSA) is 55.1 Å². The molecule has 72 valence electrons. The number of hydrogen-bond donors (Lipinski definition) is 2. The summed E-state index contributed by atoms with van der Waals surface area (Å²) in [5, 5.41) is 4.81. The number of hydrogen-bond acceptors (Lipinski definition) is 3. The van der Waals surface area contributed by atoms with Gasteiger partial charge in [-0.15, -0.1) is 23.7 Å². The summed E-state index contributed by atoms with van der Waals surface area (Å²) in [6, 6.07) is 1.93. The Labute approximate surface area is 86.7 Å². The van der Waals surface area contributed by atoms with Crippen LogP contribution in [0, 0.1) is 0 Å². The van der Waals surface area contributed by atoms with Crippen molar-refractivity contribution in [1.29, 1.82) is 0 Å². The molecule has 0 spiro atoms. The fraction of sp³-hybridized carbons (Fsp3) is 0.375. The molecular weight excluding hydrogens is 208 g/mol. The van der Waals surface area contributed by atoms with Crippen LogP contribution in [0.15, 0.2) is 11.4 Å². The third kappa shape index (κ3) is 1.85. The van der Waals surface area contributed by atoms with Gasteiger partial charge in [-0.05, 0) is 11.4 Å². The summed E-state index contributed by atoms with van der Waals surface area (Å²) in [7, 11) is 0. The maximum Gasteiger partial charge on any atom is 0.225 e. The molecule has 2 heterocycles. The molecule has 1 aromatic heterocycles. The van der Waals surface area contributed by atoms with Crippen LogP contribution in [0.25, 0.3) is 0 Å². The SMILES string of the molecule is Cl.NCC1CC(=O)Nc2ccsc21. The van der Waals surface area contributed by atoms with Gasteiger partial charge in [0.05, 0.1) is 5.69 Å². The van der Waals surface area contributed by atoms with Crippen LogP contribution in [0.3, 0.4) is 0 Å². The molecule has 5 heteroatoms. The Bertz CT molecular complexity index is 313. The lowest BCUT2D eigenvalue weighted by atomic mass is 9.99. The quantitative estimate of drug-likeness (QED) is 0.752. The first-order valence-electron chi connectivity index (χ1n) is 3.88. The molecule has 1 aliphatic heterocycles. The lowest BCUT2D eigenvalue weighted by Gasteiger charge is -2.20. The van der Waals surface area contributed by atoms with Gasteiger partial charge in [0, 0.05) is 23.8 Å². The molecule has 0 radical (unpaired) electrons. The monoisotopic (exact) mass is 218 g/mol. The molecule has 0 fully saturated rings. The van der Waals surface area contributed by atoms with Crippen molar-refractivity contribution in [3.05, 3.63) is 16.3 Å². The lowest BCUT2D eigenvalue weighted by Crippen LogP contribution is -2.25. The highest BCUT2D eigenvalue weighted by Crippen LogP contribution is 2.35. The van der Waals surface area contributed by atoms with Gasteiger partial charge in [-0.2, -0.15) is 0 Å². The summed E-state index contributed by atoms with van der Waals surface area (Å²) in [5.41, 5.74) is 6.52. The van der Waals surface area contributed by atoms with Gasteiger partial charge in [0.15, 0.2) is 0 Å². The second-order valence-corrected chi connectivity index (χ2v) is 3.83. The fourth-order valence-corrected chi connectivity index (χ4v) is 2.42. The van der Waals surface area contributed by atoms with Crippen molar-refractivity contribution in [3.8, 4) is 0 Å². The van der Waals surface area contributed by atoms with E-state index < -0.39 is 0 Å². The second kappa shape index (κ2) is 4.09. The van der Waals surface area contributed by atoms with E-state index in [-0.39, 0.29) is 24.2 Å². The van der Waals surface area contributed by atoms with E-state index in [0.717, 1.165) is 5.69 Å². The normalized spacial score (nSPS) is 20.1. The van der Waals surface area contributed by atoms with Crippen molar-refractivity contribution in [1.82, 2.24) is 0 Å². The van der Waals surface area contributed by atoms with Crippen LogP contribution in [-0.4, -0.2) is 12.5 Å². The molecule has 0 saturated heterocycles. The predicted molar refractivity (Wildman–Crippen MR) is 56.6 cm³/mol. The molecule has 1 aromatic rings. The van der Waals surface area contributed by atoms with E-state index in [1.54, 1.807) is 11.3 Å². The third-order valence-electron chi connectivity index (χ3n) is 2.06. The van der Waals surface area contributed by atoms with Gasteiger partial charge in [0.2, 0.25) is 5.91 Å². The average Bonchev–Trinajstić information content (AvgIpc) is 2.50. The fourth-order valence-electron chi connectivity index (χ4n) is 1.45. The first-order chi connectivity index (χ1) is 5.81. The Balaban J connectivity index is 0.000000845. The van der Waals surface area contributed by atoms with Gasteiger partial charge in [0.1, 0.15) is 0 Å². The van der Waals surface area contributed by atoms with E-state index in [4.69, 9.17) is 5.73 Å². The van der Waals surface area contributed by atoms with Crippen LogP contribution in [0.2, 0.25) is 0 Å². The molecule has 2 rings (SSSR count). The number of amides is 1. The first-order valence-corrected chi connectivity index (χ1v) is 4.76. The minimum atomic E-state index is 0. The number of carbonyl (C=O) groups is 1. The Kier molecular flexibility index (Phi) is 3.30. The minimum Gasteiger partial charge on any atom is -0.330 e. The van der Waals surface area contributed by atoms with E-state index in [9.17, 15) is 4.79 Å². The Morgan fingerprint density at radius 1 is 1.69 bits per heavy atom. The lowest BCUT2D eigenvalue weighted by molar-refractivity contribution is -0.116. The van der Waals surface area contributed by atoms with Gasteiger partial charge in [-0.25, -0.2) is 0 Å². The molecule has 1 amide bonds. The Morgan fingerprint density at radius 2 is 2.46 bits per heavy atom. The number of nitrogens with two attached hydrogens (primary N) is 1. The zero-order valence-corrected chi connectivity index (χ0v) is 8.58. The van der Waals surface area contributed by atoms with Gasteiger partial charge >= 0.3 is 0 Å². The van der Waals surface area contributed by atoms with E-state index in [1.165, 1.54) is 4.88 Å². The Hall–Kier alpha value is -0.580. The molecule has 1 atom stereocenters. The van der Waals surface area contributed by atoms with E-state index in [1.807, 2.05) is 11.4 Å². The molecule has 3 N–H and O–H groups in total. The van der Waals surface area contributed by atoms with Crippen molar-refractivity contribution in [2.45, 2.75) is 12.3 Å². The van der Waals surface area contributed by atoms with Crippen LogP contribution in [0.5, 0.6) is 0 Å². The maximum atomic E-state index is 11.1. The zero-order chi connectivity index (χ0) is 8.55. The first kappa shape index (κ1) is 10.5. The van der Waals surface area contributed by atoms with Crippen molar-refractivity contribution in [2.75, 3.05) is 11.9 Å². The summed E-state index contributed by atoms with van der Waals surface area (Å²) in [6.07, 6.45) is 0.532. The molecule has 0 bridgehead atoms. The van der Waals surface area contributed by atoms with E-state index in [0.29, 0.717) is 13.0 Å². The van der Waals surface area contributed by atoms with Crippen molar-refractivity contribution in [3.63, 3.8) is 0 Å². The number of anilines is 1. The maximum absolute atomic E-state index is 11.1. The summed E-state index contributed by atoms with van der Waals surface area (Å²) in [4.78, 5) is 12.4. The number of thiophene rings is 1. The predicted octanol–water partition coefficient (Wildman–Crippen LogP) is 1.55. The van der Waals surface area contributed by atoms with Crippen molar-refractivity contribution in [2.24, 2.45) is 5.73 Å². The van der Waals surface area contributed by atoms with E-state index >= 15 is 0 Å². The van der Waals surface area contributed by atoms with Gasteiger partial charge < -0.3 is 11.1 Å². The number of rotatable bonds is 1. The molecule has 0 saturated carbocycles. The molecule has 1 aliphatic rings. The smallest absolute Gasteiger partial charge is 0.225 e. The molecule has 1 unspecified atom stereocenters. The number of fused-ring (bicyclic) bond motifs is 1. The summed E-state index contributed by atoms with van der Waals surface area (Å²) in [5.74, 6) is 0.310. The van der Waals surface area contributed by atoms with Crippen LogP contribution < -0.4 is 11.1 Å². The van der Waals surface area contributed by atoms with Crippen molar-refractivity contribution >= 4 is 35.3 Å². The summed E-state index contributed by atoms with van der Waals surface area (Å²) >= 11 is 1.67. The highest BCUT2D eigenvalue weighted by atomic mass is 35.5. The number of nitrogens with one attached hydrogen (secondary N) is 1. The molecule has 0 aromatic carbocycles. The average molecular weight is 219 g/mol.